The van der Waals surface area contributed by atoms with E-state index in [1.807, 2.05) is 13.0 Å². The van der Waals surface area contributed by atoms with Gasteiger partial charge in [-0.3, -0.25) is 10.1 Å². The van der Waals surface area contributed by atoms with Crippen LogP contribution in [0.4, 0.5) is 5.69 Å². The molecule has 0 aromatic heterocycles. The number of hydrogen-bond acceptors (Lipinski definition) is 3. The highest BCUT2D eigenvalue weighted by atomic mass is 16.6. The molecule has 0 bridgehead atoms. The number of nitriles is 1. The second-order valence-electron chi connectivity index (χ2n) is 2.95. The molecule has 0 saturated carbocycles. The van der Waals surface area contributed by atoms with Crippen molar-refractivity contribution in [2.24, 2.45) is 0 Å². The van der Waals surface area contributed by atoms with Gasteiger partial charge < -0.3 is 0 Å². The molecule has 4 nitrogen and oxygen atoms in total. The Bertz CT molecular complexity index is 444. The van der Waals surface area contributed by atoms with Crippen LogP contribution in [0.2, 0.25) is 0 Å². The Labute approximate surface area is 87.6 Å². The summed E-state index contributed by atoms with van der Waals surface area (Å²) in [7, 11) is 0. The lowest BCUT2D eigenvalue weighted by molar-refractivity contribution is -0.385. The molecular weight excluding hydrogens is 192 g/mol. The fraction of sp³-hybridized carbons (Fsp3) is 0.182. The monoisotopic (exact) mass is 202 g/mol. The normalized spacial score (nSPS) is 10.8. The molecule has 0 aliphatic rings. The van der Waals surface area contributed by atoms with Gasteiger partial charge in [-0.05, 0) is 18.6 Å². The lowest BCUT2D eigenvalue weighted by Gasteiger charge is -1.97. The molecule has 0 saturated heterocycles. The molecule has 0 radical (unpaired) electrons. The van der Waals surface area contributed by atoms with E-state index in [1.54, 1.807) is 24.3 Å². The van der Waals surface area contributed by atoms with E-state index in [4.69, 9.17) is 5.26 Å². The molecular formula is C11H10N2O2. The van der Waals surface area contributed by atoms with Crippen molar-refractivity contribution in [3.63, 3.8) is 0 Å². The fourth-order valence-electron chi connectivity index (χ4n) is 1.18. The third-order valence-corrected chi connectivity index (χ3v) is 1.99. The maximum absolute atomic E-state index is 10.7. The van der Waals surface area contributed by atoms with Gasteiger partial charge in [0.05, 0.1) is 16.6 Å². The summed E-state index contributed by atoms with van der Waals surface area (Å²) in [6, 6.07) is 8.38. The molecule has 1 aromatic carbocycles. The summed E-state index contributed by atoms with van der Waals surface area (Å²) < 4.78 is 0. The number of nitrogens with zero attached hydrogens (tertiary/aromatic N) is 2. The van der Waals surface area contributed by atoms with E-state index in [0.717, 1.165) is 0 Å². The third-order valence-electron chi connectivity index (χ3n) is 1.99. The van der Waals surface area contributed by atoms with Crippen LogP contribution in [-0.2, 0) is 0 Å². The van der Waals surface area contributed by atoms with Gasteiger partial charge in [0.2, 0.25) is 0 Å². The topological polar surface area (TPSA) is 66.9 Å². The molecule has 4 heteroatoms. The van der Waals surface area contributed by atoms with Gasteiger partial charge in [-0.25, -0.2) is 0 Å². The van der Waals surface area contributed by atoms with Crippen molar-refractivity contribution in [3.05, 3.63) is 45.5 Å². The molecule has 0 fully saturated rings. The van der Waals surface area contributed by atoms with E-state index in [-0.39, 0.29) is 5.69 Å². The number of nitro benzene ring substituents is 1. The van der Waals surface area contributed by atoms with Gasteiger partial charge in [-0.1, -0.05) is 19.1 Å². The second kappa shape index (κ2) is 4.91. The first kappa shape index (κ1) is 10.9. The van der Waals surface area contributed by atoms with E-state index < -0.39 is 4.92 Å². The minimum absolute atomic E-state index is 0.0266. The van der Waals surface area contributed by atoms with Crippen molar-refractivity contribution in [1.29, 1.82) is 5.26 Å². The van der Waals surface area contributed by atoms with Gasteiger partial charge >= 0.3 is 0 Å². The Hall–Kier alpha value is -2.15. The SMILES string of the molecule is CC/C(C#N)=C\c1ccccc1[N+](=O)[O-]. The predicted octanol–water partition coefficient (Wildman–Crippen LogP) is 2.91. The summed E-state index contributed by atoms with van der Waals surface area (Å²) in [5, 5.41) is 19.4. The summed E-state index contributed by atoms with van der Waals surface area (Å²) >= 11 is 0. The van der Waals surface area contributed by atoms with Gasteiger partial charge in [-0.15, -0.1) is 0 Å². The summed E-state index contributed by atoms with van der Waals surface area (Å²) in [6.45, 7) is 1.84. The molecule has 0 aliphatic heterocycles. The molecule has 0 N–H and O–H groups in total. The lowest BCUT2D eigenvalue weighted by Crippen LogP contribution is -1.91. The van der Waals surface area contributed by atoms with E-state index in [0.29, 0.717) is 17.6 Å². The van der Waals surface area contributed by atoms with Crippen LogP contribution in [0.3, 0.4) is 0 Å². The number of para-hydroxylation sites is 1. The quantitative estimate of drug-likeness (QED) is 0.430. The first-order chi connectivity index (χ1) is 7.19. The van der Waals surface area contributed by atoms with Gasteiger partial charge in [0, 0.05) is 11.6 Å². The number of benzene rings is 1. The number of nitro groups is 1. The Kier molecular flexibility index (Phi) is 3.58. The van der Waals surface area contributed by atoms with E-state index in [1.165, 1.54) is 6.07 Å². The molecule has 76 valence electrons. The zero-order valence-corrected chi connectivity index (χ0v) is 8.30. The highest BCUT2D eigenvalue weighted by Gasteiger charge is 2.10. The molecule has 1 aromatic rings. The smallest absolute Gasteiger partial charge is 0.258 e. The van der Waals surface area contributed by atoms with Crippen molar-refractivity contribution in [2.45, 2.75) is 13.3 Å². The fourth-order valence-corrected chi connectivity index (χ4v) is 1.18. The molecule has 0 amide bonds. The van der Waals surface area contributed by atoms with E-state index in [9.17, 15) is 10.1 Å². The van der Waals surface area contributed by atoms with Crippen LogP contribution < -0.4 is 0 Å². The molecule has 1 rings (SSSR count). The average Bonchev–Trinajstić information content (AvgIpc) is 2.26. The van der Waals surface area contributed by atoms with Gasteiger partial charge in [0.1, 0.15) is 0 Å². The van der Waals surface area contributed by atoms with Crippen LogP contribution in [-0.4, -0.2) is 4.92 Å². The van der Waals surface area contributed by atoms with Crippen molar-refractivity contribution in [1.82, 2.24) is 0 Å². The zero-order valence-electron chi connectivity index (χ0n) is 8.30. The van der Waals surface area contributed by atoms with Crippen molar-refractivity contribution < 1.29 is 4.92 Å². The Morgan fingerprint density at radius 2 is 2.27 bits per heavy atom. The first-order valence-corrected chi connectivity index (χ1v) is 4.53. The van der Waals surface area contributed by atoms with Crippen LogP contribution in [0.5, 0.6) is 0 Å². The molecule has 0 atom stereocenters. The third kappa shape index (κ3) is 2.64. The summed E-state index contributed by atoms with van der Waals surface area (Å²) in [5.41, 5.74) is 1.03. The van der Waals surface area contributed by atoms with Crippen LogP contribution in [0, 0.1) is 21.4 Å². The first-order valence-electron chi connectivity index (χ1n) is 4.53. The van der Waals surface area contributed by atoms with Crippen molar-refractivity contribution in [3.8, 4) is 6.07 Å². The number of allylic oxidation sites excluding steroid dienone is 1. The maximum atomic E-state index is 10.7. The maximum Gasteiger partial charge on any atom is 0.276 e. The van der Waals surface area contributed by atoms with E-state index >= 15 is 0 Å². The molecule has 15 heavy (non-hydrogen) atoms. The Morgan fingerprint density at radius 3 is 2.80 bits per heavy atom. The van der Waals surface area contributed by atoms with E-state index in [2.05, 4.69) is 0 Å². The van der Waals surface area contributed by atoms with Crippen molar-refractivity contribution >= 4 is 11.8 Å². The molecule has 0 heterocycles. The largest absolute Gasteiger partial charge is 0.276 e. The predicted molar refractivity (Wildman–Crippen MR) is 57.0 cm³/mol. The lowest BCUT2D eigenvalue weighted by atomic mass is 10.1. The van der Waals surface area contributed by atoms with Gasteiger partial charge in [0.25, 0.3) is 5.69 Å². The highest BCUT2D eigenvalue weighted by molar-refractivity contribution is 5.65. The van der Waals surface area contributed by atoms with Crippen LogP contribution in [0.1, 0.15) is 18.9 Å². The zero-order chi connectivity index (χ0) is 11.3. The molecule has 0 unspecified atom stereocenters. The summed E-state index contributed by atoms with van der Waals surface area (Å²) in [6.07, 6.45) is 2.13. The van der Waals surface area contributed by atoms with Crippen LogP contribution in [0.25, 0.3) is 6.08 Å². The Morgan fingerprint density at radius 1 is 1.60 bits per heavy atom. The summed E-state index contributed by atoms with van der Waals surface area (Å²) in [5.74, 6) is 0. The highest BCUT2D eigenvalue weighted by Crippen LogP contribution is 2.20. The van der Waals surface area contributed by atoms with Crippen LogP contribution >= 0.6 is 0 Å². The molecule has 0 spiro atoms. The number of rotatable bonds is 3. The second-order valence-corrected chi connectivity index (χ2v) is 2.95. The summed E-state index contributed by atoms with van der Waals surface area (Å²) in [4.78, 5) is 10.2. The van der Waals surface area contributed by atoms with Crippen LogP contribution in [0.15, 0.2) is 29.8 Å². The van der Waals surface area contributed by atoms with Gasteiger partial charge in [0.15, 0.2) is 0 Å². The molecule has 0 aliphatic carbocycles. The Balaban J connectivity index is 3.21. The minimum Gasteiger partial charge on any atom is -0.258 e. The standard InChI is InChI=1S/C11H10N2O2/c1-2-9(8-12)7-10-5-3-4-6-11(10)13(14)15/h3-7H,2H2,1H3/b9-7+. The average molecular weight is 202 g/mol. The van der Waals surface area contributed by atoms with Gasteiger partial charge in [-0.2, -0.15) is 5.26 Å². The van der Waals surface area contributed by atoms with Crippen molar-refractivity contribution in [2.75, 3.05) is 0 Å². The number of hydrogen-bond donors (Lipinski definition) is 0. The minimum atomic E-state index is -0.448.